The number of carboxylic acids is 2. The van der Waals surface area contributed by atoms with Crippen LogP contribution >= 0.6 is 31.9 Å². The van der Waals surface area contributed by atoms with Gasteiger partial charge in [-0.2, -0.15) is 0 Å². The summed E-state index contributed by atoms with van der Waals surface area (Å²) in [5, 5.41) is 19.2. The Morgan fingerprint density at radius 3 is 2.00 bits per heavy atom. The molecular weight excluding hydrogens is 506 g/mol. The fourth-order valence-corrected chi connectivity index (χ4v) is 5.04. The quantitative estimate of drug-likeness (QED) is 0.521. The monoisotopic (exact) mass is 523 g/mol. The molecule has 1 heterocycles. The van der Waals surface area contributed by atoms with Crippen LogP contribution in [0, 0.1) is 11.8 Å². The molecule has 1 saturated carbocycles. The third-order valence-corrected chi connectivity index (χ3v) is 7.06. The van der Waals surface area contributed by atoms with Gasteiger partial charge in [0.2, 0.25) is 0 Å². The molecule has 0 amide bonds. The van der Waals surface area contributed by atoms with Gasteiger partial charge in [-0.3, -0.25) is 9.59 Å². The third kappa shape index (κ3) is 3.58. The number of hydrogen-bond acceptors (Lipinski definition) is 4. The van der Waals surface area contributed by atoms with E-state index in [0.29, 0.717) is 11.5 Å². The van der Waals surface area contributed by atoms with Crippen LogP contribution < -0.4 is 10.5 Å². The van der Waals surface area contributed by atoms with Gasteiger partial charge in [0, 0.05) is 26.0 Å². The first kappa shape index (κ1) is 20.4. The van der Waals surface area contributed by atoms with Crippen LogP contribution in [0.3, 0.4) is 0 Å². The second kappa shape index (κ2) is 7.41. The molecule has 4 N–H and O–H groups in total. The van der Waals surface area contributed by atoms with E-state index in [-0.39, 0.29) is 25.2 Å². The number of benzene rings is 2. The van der Waals surface area contributed by atoms with Gasteiger partial charge in [-0.05, 0) is 61.6 Å². The predicted octanol–water partition coefficient (Wildman–Crippen LogP) is 4.73. The molecule has 1 aliphatic heterocycles. The van der Waals surface area contributed by atoms with Crippen LogP contribution in [0.5, 0.6) is 11.5 Å². The first-order chi connectivity index (χ1) is 13.7. The minimum absolute atomic E-state index is 0.148. The Morgan fingerprint density at radius 2 is 1.55 bits per heavy atom. The molecule has 1 unspecified atom stereocenters. The lowest BCUT2D eigenvalue weighted by Crippen LogP contribution is -2.59. The molecule has 152 valence electrons. The zero-order chi connectivity index (χ0) is 20.9. The Kier molecular flexibility index (Phi) is 5.21. The maximum Gasteiger partial charge on any atom is 0.323 e. The second-order valence-corrected chi connectivity index (χ2v) is 9.60. The Bertz CT molecular complexity index is 953. The summed E-state index contributed by atoms with van der Waals surface area (Å²) in [6, 6.07) is 11.3. The van der Waals surface area contributed by atoms with Crippen LogP contribution in [0.2, 0.25) is 0 Å². The van der Waals surface area contributed by atoms with E-state index < -0.39 is 29.3 Å². The first-order valence-corrected chi connectivity index (χ1v) is 10.8. The van der Waals surface area contributed by atoms with Gasteiger partial charge in [0.25, 0.3) is 0 Å². The van der Waals surface area contributed by atoms with Crippen molar-refractivity contribution in [2.75, 3.05) is 0 Å². The van der Waals surface area contributed by atoms with Gasteiger partial charge in [-0.15, -0.1) is 0 Å². The lowest BCUT2D eigenvalue weighted by Gasteiger charge is -2.45. The smallest absolute Gasteiger partial charge is 0.323 e. The fraction of sp³-hybridized carbons (Fsp3) is 0.333. The Labute approximate surface area is 184 Å². The highest BCUT2D eigenvalue weighted by molar-refractivity contribution is 9.10. The zero-order valence-corrected chi connectivity index (χ0v) is 18.4. The maximum atomic E-state index is 12.2. The summed E-state index contributed by atoms with van der Waals surface area (Å²) in [7, 11) is 0. The Hall–Kier alpha value is -1.90. The highest BCUT2D eigenvalue weighted by Crippen LogP contribution is 2.51. The molecular formula is C21H19Br2NO5. The van der Waals surface area contributed by atoms with Crippen molar-refractivity contribution in [3.63, 3.8) is 0 Å². The van der Waals surface area contributed by atoms with E-state index in [2.05, 4.69) is 31.9 Å². The number of ether oxygens (including phenoxy) is 1. The molecule has 1 atom stereocenters. The maximum absolute atomic E-state index is 12.2. The van der Waals surface area contributed by atoms with Crippen molar-refractivity contribution in [3.8, 4) is 11.5 Å². The molecule has 2 aromatic carbocycles. The molecule has 0 aromatic heterocycles. The number of nitrogens with two attached hydrogens (primary N) is 1. The van der Waals surface area contributed by atoms with Crippen LogP contribution in [0.25, 0.3) is 0 Å². The highest BCUT2D eigenvalue weighted by atomic mass is 79.9. The molecule has 1 aliphatic carbocycles. The summed E-state index contributed by atoms with van der Waals surface area (Å²) in [6.07, 6.45) is 0.700. The number of carboxylic acid groups (broad SMARTS) is 2. The van der Waals surface area contributed by atoms with E-state index in [1.807, 2.05) is 36.4 Å². The number of hydrogen-bond donors (Lipinski definition) is 3. The van der Waals surface area contributed by atoms with E-state index in [1.165, 1.54) is 0 Å². The molecule has 2 aromatic rings. The van der Waals surface area contributed by atoms with Crippen LogP contribution in [-0.2, 0) is 9.59 Å². The largest absolute Gasteiger partial charge is 0.481 e. The second-order valence-electron chi connectivity index (χ2n) is 7.77. The zero-order valence-electron chi connectivity index (χ0n) is 15.3. The summed E-state index contributed by atoms with van der Waals surface area (Å²) < 4.78 is 7.75. The van der Waals surface area contributed by atoms with Gasteiger partial charge in [0.05, 0.1) is 5.92 Å². The number of aliphatic carboxylic acids is 2. The van der Waals surface area contributed by atoms with Gasteiger partial charge < -0.3 is 20.7 Å². The molecule has 6 nitrogen and oxygen atoms in total. The van der Waals surface area contributed by atoms with Gasteiger partial charge in [0.15, 0.2) is 0 Å². The lowest BCUT2D eigenvalue weighted by atomic mass is 9.61. The SMILES string of the molecule is NC(CC1c2cc(Br)ccc2Oc2ccc(Br)cc21)(C(=O)O)[C@H]1C[C@H](C(=O)O)C1. The average Bonchev–Trinajstić information content (AvgIpc) is 2.60. The summed E-state index contributed by atoms with van der Waals surface area (Å²) >= 11 is 6.96. The Balaban J connectivity index is 1.75. The van der Waals surface area contributed by atoms with Crippen LogP contribution in [0.15, 0.2) is 45.3 Å². The summed E-state index contributed by atoms with van der Waals surface area (Å²) in [5.74, 6) is -1.89. The van der Waals surface area contributed by atoms with Crippen LogP contribution in [0.1, 0.15) is 36.3 Å². The van der Waals surface area contributed by atoms with Crippen molar-refractivity contribution in [2.45, 2.75) is 30.7 Å². The number of fused-ring (bicyclic) bond motifs is 2. The highest BCUT2D eigenvalue weighted by Gasteiger charge is 2.52. The molecule has 2 aliphatic rings. The summed E-state index contributed by atoms with van der Waals surface area (Å²) in [6.45, 7) is 0. The first-order valence-electron chi connectivity index (χ1n) is 9.21. The minimum atomic E-state index is -1.53. The predicted molar refractivity (Wildman–Crippen MR) is 113 cm³/mol. The van der Waals surface area contributed by atoms with Crippen LogP contribution in [-0.4, -0.2) is 27.7 Å². The van der Waals surface area contributed by atoms with Gasteiger partial charge in [-0.1, -0.05) is 31.9 Å². The standard InChI is InChI=1S/C21H19Br2NO5/c22-12-1-3-17-14(7-12)16(15-8-13(23)2-4-18(15)29-17)9-21(24,20(27)28)11-5-10(6-11)19(25)26/h1-4,7-8,10-11,16H,5-6,9,24H2,(H,25,26)(H,27,28)/t10-,11-,21?. The molecule has 1 fully saturated rings. The molecule has 8 heteroatoms. The summed E-state index contributed by atoms with van der Waals surface area (Å²) in [5.41, 5.74) is 6.65. The molecule has 0 radical (unpaired) electrons. The molecule has 29 heavy (non-hydrogen) atoms. The Morgan fingerprint density at radius 1 is 1.03 bits per heavy atom. The van der Waals surface area contributed by atoms with Crippen molar-refractivity contribution in [3.05, 3.63) is 56.5 Å². The van der Waals surface area contributed by atoms with E-state index in [9.17, 15) is 19.8 Å². The van der Waals surface area contributed by atoms with E-state index >= 15 is 0 Å². The van der Waals surface area contributed by atoms with Crippen molar-refractivity contribution in [1.82, 2.24) is 0 Å². The fourth-order valence-electron chi connectivity index (χ4n) is 4.28. The topological polar surface area (TPSA) is 110 Å². The van der Waals surface area contributed by atoms with Gasteiger partial charge >= 0.3 is 11.9 Å². The van der Waals surface area contributed by atoms with Crippen molar-refractivity contribution < 1.29 is 24.5 Å². The molecule has 0 saturated heterocycles. The number of rotatable bonds is 5. The van der Waals surface area contributed by atoms with E-state index in [1.54, 1.807) is 0 Å². The summed E-state index contributed by atoms with van der Waals surface area (Å²) in [4.78, 5) is 23.4. The van der Waals surface area contributed by atoms with E-state index in [0.717, 1.165) is 20.1 Å². The molecule has 0 spiro atoms. The van der Waals surface area contributed by atoms with Crippen molar-refractivity contribution in [1.29, 1.82) is 0 Å². The van der Waals surface area contributed by atoms with E-state index in [4.69, 9.17) is 10.5 Å². The third-order valence-electron chi connectivity index (χ3n) is 6.07. The molecule has 4 rings (SSSR count). The number of carbonyl (C=O) groups is 2. The number of halogens is 2. The van der Waals surface area contributed by atoms with Crippen molar-refractivity contribution >= 4 is 43.8 Å². The van der Waals surface area contributed by atoms with Gasteiger partial charge in [-0.25, -0.2) is 0 Å². The van der Waals surface area contributed by atoms with Crippen LogP contribution in [0.4, 0.5) is 0 Å². The lowest BCUT2D eigenvalue weighted by molar-refractivity contribution is -0.156. The van der Waals surface area contributed by atoms with Gasteiger partial charge in [0.1, 0.15) is 17.0 Å². The van der Waals surface area contributed by atoms with Crippen molar-refractivity contribution in [2.24, 2.45) is 17.6 Å². The molecule has 0 bridgehead atoms. The minimum Gasteiger partial charge on any atom is -0.481 e. The average molecular weight is 525 g/mol. The normalized spacial score (nSPS) is 22.4.